The summed E-state index contributed by atoms with van der Waals surface area (Å²) in [5.74, 6) is 0.632. The molecular weight excluding hydrogens is 192 g/mol. The molecule has 15 heavy (non-hydrogen) atoms. The maximum Gasteiger partial charge on any atom is 0.221 e. The molecule has 0 heterocycles. The number of amides is 1. The van der Waals surface area contributed by atoms with Gasteiger partial charge in [0.1, 0.15) is 0 Å². The van der Waals surface area contributed by atoms with E-state index in [9.17, 15) is 4.79 Å². The van der Waals surface area contributed by atoms with Crippen molar-refractivity contribution in [2.24, 2.45) is 5.92 Å². The van der Waals surface area contributed by atoms with Gasteiger partial charge in [0.05, 0.1) is 6.61 Å². The lowest BCUT2D eigenvalue weighted by Gasteiger charge is -2.08. The van der Waals surface area contributed by atoms with Crippen LogP contribution in [0.2, 0.25) is 0 Å². The molecule has 0 spiro atoms. The zero-order valence-electron chi connectivity index (χ0n) is 10.1. The topological polar surface area (TPSA) is 50.4 Å². The molecule has 0 saturated carbocycles. The molecule has 4 heteroatoms. The van der Waals surface area contributed by atoms with Gasteiger partial charge in [-0.2, -0.15) is 0 Å². The van der Waals surface area contributed by atoms with Crippen molar-refractivity contribution in [3.63, 3.8) is 0 Å². The summed E-state index contributed by atoms with van der Waals surface area (Å²) >= 11 is 0. The Morgan fingerprint density at radius 3 is 2.67 bits per heavy atom. The summed E-state index contributed by atoms with van der Waals surface area (Å²) in [6.07, 6.45) is 0.541. The fourth-order valence-electron chi connectivity index (χ4n) is 1.02. The van der Waals surface area contributed by atoms with E-state index in [0.717, 1.165) is 26.2 Å². The van der Waals surface area contributed by atoms with Crippen molar-refractivity contribution in [3.05, 3.63) is 0 Å². The van der Waals surface area contributed by atoms with Gasteiger partial charge >= 0.3 is 0 Å². The van der Waals surface area contributed by atoms with E-state index in [1.807, 2.05) is 6.92 Å². The molecule has 0 aliphatic rings. The molecule has 0 fully saturated rings. The highest BCUT2D eigenvalue weighted by atomic mass is 16.5. The van der Waals surface area contributed by atoms with Crippen LogP contribution in [0.25, 0.3) is 0 Å². The minimum atomic E-state index is 0.118. The largest absolute Gasteiger partial charge is 0.380 e. The fraction of sp³-hybridized carbons (Fsp3) is 0.909. The van der Waals surface area contributed by atoms with E-state index < -0.39 is 0 Å². The number of ether oxygens (including phenoxy) is 1. The quantitative estimate of drug-likeness (QED) is 0.560. The maximum absolute atomic E-state index is 11.3. The monoisotopic (exact) mass is 216 g/mol. The molecule has 1 amide bonds. The highest BCUT2D eigenvalue weighted by molar-refractivity contribution is 5.76. The first-order valence-electron chi connectivity index (χ1n) is 5.72. The van der Waals surface area contributed by atoms with Gasteiger partial charge in [0.25, 0.3) is 0 Å². The van der Waals surface area contributed by atoms with Crippen LogP contribution in [0.4, 0.5) is 0 Å². The average Bonchev–Trinajstić information content (AvgIpc) is 2.20. The number of hydrogen-bond acceptors (Lipinski definition) is 3. The summed E-state index contributed by atoms with van der Waals surface area (Å²) in [5.41, 5.74) is 0. The second-order valence-electron chi connectivity index (χ2n) is 3.89. The van der Waals surface area contributed by atoms with E-state index in [2.05, 4.69) is 24.5 Å². The Labute approximate surface area is 92.8 Å². The first kappa shape index (κ1) is 14.4. The third-order valence-electron chi connectivity index (χ3n) is 1.86. The number of carbonyl (C=O) groups excluding carboxylic acids is 1. The van der Waals surface area contributed by atoms with Crippen LogP contribution >= 0.6 is 0 Å². The normalized spacial score (nSPS) is 10.7. The van der Waals surface area contributed by atoms with Crippen LogP contribution in [-0.2, 0) is 9.53 Å². The summed E-state index contributed by atoms with van der Waals surface area (Å²) < 4.78 is 5.16. The summed E-state index contributed by atoms with van der Waals surface area (Å²) in [6.45, 7) is 9.89. The Hall–Kier alpha value is -0.610. The molecule has 90 valence electrons. The summed E-state index contributed by atoms with van der Waals surface area (Å²) in [4.78, 5) is 11.3. The van der Waals surface area contributed by atoms with Crippen molar-refractivity contribution in [2.45, 2.75) is 27.2 Å². The van der Waals surface area contributed by atoms with Crippen LogP contribution in [-0.4, -0.2) is 38.8 Å². The smallest absolute Gasteiger partial charge is 0.221 e. The molecule has 0 radical (unpaired) electrons. The number of hydrogen-bond donors (Lipinski definition) is 2. The van der Waals surface area contributed by atoms with Crippen LogP contribution in [0.5, 0.6) is 0 Å². The molecular formula is C11H24N2O2. The predicted octanol–water partition coefficient (Wildman–Crippen LogP) is 0.775. The Morgan fingerprint density at radius 1 is 1.33 bits per heavy atom. The minimum Gasteiger partial charge on any atom is -0.380 e. The van der Waals surface area contributed by atoms with Crippen LogP contribution in [0.3, 0.4) is 0 Å². The maximum atomic E-state index is 11.3. The lowest BCUT2D eigenvalue weighted by atomic mass is 10.2. The number of rotatable bonds is 9. The zero-order valence-corrected chi connectivity index (χ0v) is 10.1. The Kier molecular flexibility index (Phi) is 9.52. The van der Waals surface area contributed by atoms with Crippen LogP contribution in [0.1, 0.15) is 27.2 Å². The molecule has 0 aliphatic heterocycles. The lowest BCUT2D eigenvalue weighted by Crippen LogP contribution is -2.31. The second kappa shape index (κ2) is 9.93. The fourth-order valence-corrected chi connectivity index (χ4v) is 1.02. The Balaban J connectivity index is 3.17. The van der Waals surface area contributed by atoms with Gasteiger partial charge in [-0.15, -0.1) is 0 Å². The van der Waals surface area contributed by atoms with Crippen molar-refractivity contribution >= 4 is 5.91 Å². The average molecular weight is 216 g/mol. The van der Waals surface area contributed by atoms with E-state index >= 15 is 0 Å². The lowest BCUT2D eigenvalue weighted by molar-refractivity contribution is -0.121. The van der Waals surface area contributed by atoms with Gasteiger partial charge in [-0.3, -0.25) is 4.79 Å². The summed E-state index contributed by atoms with van der Waals surface area (Å²) in [5, 5.41) is 6.03. The molecule has 0 aromatic rings. The van der Waals surface area contributed by atoms with Gasteiger partial charge in [0.15, 0.2) is 0 Å². The van der Waals surface area contributed by atoms with Gasteiger partial charge in [-0.1, -0.05) is 13.8 Å². The van der Waals surface area contributed by atoms with Crippen molar-refractivity contribution < 1.29 is 9.53 Å². The first-order valence-corrected chi connectivity index (χ1v) is 5.72. The van der Waals surface area contributed by atoms with Gasteiger partial charge in [-0.05, 0) is 12.8 Å². The highest BCUT2D eigenvalue weighted by Gasteiger charge is 2.00. The van der Waals surface area contributed by atoms with Crippen molar-refractivity contribution in [3.8, 4) is 0 Å². The molecule has 0 unspecified atom stereocenters. The number of carbonyl (C=O) groups is 1. The van der Waals surface area contributed by atoms with Gasteiger partial charge in [0.2, 0.25) is 5.91 Å². The molecule has 2 N–H and O–H groups in total. The summed E-state index contributed by atoms with van der Waals surface area (Å²) in [6, 6.07) is 0. The standard InChI is InChI=1S/C11H24N2O2/c1-4-15-8-7-12-6-5-11(14)13-9-10(2)3/h10,12H,4-9H2,1-3H3,(H,13,14). The molecule has 0 saturated heterocycles. The molecule has 0 aliphatic carbocycles. The number of nitrogens with one attached hydrogen (secondary N) is 2. The van der Waals surface area contributed by atoms with E-state index in [-0.39, 0.29) is 5.91 Å². The van der Waals surface area contributed by atoms with E-state index in [1.54, 1.807) is 0 Å². The van der Waals surface area contributed by atoms with Crippen LogP contribution < -0.4 is 10.6 Å². The molecule has 0 atom stereocenters. The molecule has 0 rings (SSSR count). The van der Waals surface area contributed by atoms with E-state index in [4.69, 9.17) is 4.74 Å². The molecule has 0 aromatic heterocycles. The predicted molar refractivity (Wildman–Crippen MR) is 61.8 cm³/mol. The summed E-state index contributed by atoms with van der Waals surface area (Å²) in [7, 11) is 0. The Bertz CT molecular complexity index is 161. The van der Waals surface area contributed by atoms with Gasteiger partial charge < -0.3 is 15.4 Å². The SMILES string of the molecule is CCOCCNCCC(=O)NCC(C)C. The highest BCUT2D eigenvalue weighted by Crippen LogP contribution is 1.87. The van der Waals surface area contributed by atoms with Gasteiger partial charge in [0, 0.05) is 32.7 Å². The first-order chi connectivity index (χ1) is 7.16. The third-order valence-corrected chi connectivity index (χ3v) is 1.86. The van der Waals surface area contributed by atoms with Crippen molar-refractivity contribution in [2.75, 3.05) is 32.8 Å². The third kappa shape index (κ3) is 11.3. The van der Waals surface area contributed by atoms with E-state index in [0.29, 0.717) is 18.9 Å². The molecule has 0 bridgehead atoms. The van der Waals surface area contributed by atoms with Crippen LogP contribution in [0, 0.1) is 5.92 Å². The second-order valence-corrected chi connectivity index (χ2v) is 3.89. The van der Waals surface area contributed by atoms with Gasteiger partial charge in [-0.25, -0.2) is 0 Å². The minimum absolute atomic E-state index is 0.118. The Morgan fingerprint density at radius 2 is 2.07 bits per heavy atom. The molecule has 4 nitrogen and oxygen atoms in total. The zero-order chi connectivity index (χ0) is 11.5. The van der Waals surface area contributed by atoms with Crippen molar-refractivity contribution in [1.29, 1.82) is 0 Å². The molecule has 0 aromatic carbocycles. The van der Waals surface area contributed by atoms with E-state index in [1.165, 1.54) is 0 Å². The van der Waals surface area contributed by atoms with Crippen LogP contribution in [0.15, 0.2) is 0 Å². The van der Waals surface area contributed by atoms with Crippen molar-refractivity contribution in [1.82, 2.24) is 10.6 Å².